The molecule has 2 heterocycles. The third-order valence-electron chi connectivity index (χ3n) is 4.57. The van der Waals surface area contributed by atoms with Gasteiger partial charge in [0.2, 0.25) is 11.8 Å². The molecule has 7 heteroatoms. The average molecular weight is 353 g/mol. The van der Waals surface area contributed by atoms with Gasteiger partial charge in [-0.2, -0.15) is 0 Å². The molecule has 142 valence electrons. The zero-order valence-corrected chi connectivity index (χ0v) is 15.8. The Bertz CT molecular complexity index is 507. The maximum absolute atomic E-state index is 12.4. The van der Waals surface area contributed by atoms with Crippen molar-refractivity contribution < 1.29 is 19.1 Å². The number of nitrogens with zero attached hydrogens (tertiary/aromatic N) is 2. The Morgan fingerprint density at radius 3 is 2.40 bits per heavy atom. The van der Waals surface area contributed by atoms with Crippen LogP contribution in [0.4, 0.5) is 4.79 Å². The van der Waals surface area contributed by atoms with Gasteiger partial charge in [-0.3, -0.25) is 9.59 Å². The Labute approximate surface area is 150 Å². The van der Waals surface area contributed by atoms with E-state index >= 15 is 0 Å². The molecule has 0 radical (unpaired) electrons. The van der Waals surface area contributed by atoms with E-state index < -0.39 is 5.60 Å². The molecule has 0 bridgehead atoms. The van der Waals surface area contributed by atoms with Crippen molar-refractivity contribution in [1.29, 1.82) is 0 Å². The van der Waals surface area contributed by atoms with Crippen LogP contribution >= 0.6 is 0 Å². The fourth-order valence-corrected chi connectivity index (χ4v) is 3.28. The van der Waals surface area contributed by atoms with Crippen LogP contribution in [-0.2, 0) is 14.3 Å². The quantitative estimate of drug-likeness (QED) is 0.835. The highest BCUT2D eigenvalue weighted by Gasteiger charge is 2.31. The largest absolute Gasteiger partial charge is 0.444 e. The molecule has 2 saturated heterocycles. The lowest BCUT2D eigenvalue weighted by atomic mass is 9.96. The second kappa shape index (κ2) is 8.06. The molecule has 25 heavy (non-hydrogen) atoms. The lowest BCUT2D eigenvalue weighted by Crippen LogP contribution is -2.48. The van der Waals surface area contributed by atoms with Crippen LogP contribution in [0.25, 0.3) is 0 Å². The van der Waals surface area contributed by atoms with Crippen LogP contribution in [0.1, 0.15) is 53.4 Å². The molecular formula is C18H31N3O4. The van der Waals surface area contributed by atoms with Crippen molar-refractivity contribution in [1.82, 2.24) is 15.1 Å². The van der Waals surface area contributed by atoms with Crippen LogP contribution in [0.5, 0.6) is 0 Å². The second-order valence-electron chi connectivity index (χ2n) is 8.09. The topological polar surface area (TPSA) is 79.0 Å². The predicted octanol–water partition coefficient (Wildman–Crippen LogP) is 1.76. The summed E-state index contributed by atoms with van der Waals surface area (Å²) in [4.78, 5) is 39.6. The number of carbonyl (C=O) groups excluding carboxylic acids is 3. The van der Waals surface area contributed by atoms with E-state index in [1.165, 1.54) is 0 Å². The first-order valence-electron chi connectivity index (χ1n) is 9.22. The first kappa shape index (κ1) is 19.5. The molecule has 1 atom stereocenters. The van der Waals surface area contributed by atoms with Crippen LogP contribution < -0.4 is 5.32 Å². The predicted molar refractivity (Wildman–Crippen MR) is 93.9 cm³/mol. The minimum absolute atomic E-state index is 0.0167. The molecule has 1 unspecified atom stereocenters. The van der Waals surface area contributed by atoms with Crippen LogP contribution in [0.2, 0.25) is 0 Å². The van der Waals surface area contributed by atoms with Crippen LogP contribution in [0, 0.1) is 5.92 Å². The fraction of sp³-hybridized carbons (Fsp3) is 0.833. The minimum Gasteiger partial charge on any atom is -0.444 e. The molecule has 3 amide bonds. The molecule has 0 aromatic carbocycles. The Morgan fingerprint density at radius 1 is 1.24 bits per heavy atom. The summed E-state index contributed by atoms with van der Waals surface area (Å²) in [5, 5.41) is 3.01. The first-order valence-corrected chi connectivity index (χ1v) is 9.22. The van der Waals surface area contributed by atoms with E-state index in [-0.39, 0.29) is 29.9 Å². The molecule has 2 fully saturated rings. The van der Waals surface area contributed by atoms with E-state index in [9.17, 15) is 14.4 Å². The summed E-state index contributed by atoms with van der Waals surface area (Å²) < 4.78 is 5.37. The summed E-state index contributed by atoms with van der Waals surface area (Å²) in [6, 6.07) is -0.0570. The summed E-state index contributed by atoms with van der Waals surface area (Å²) in [7, 11) is 0. The monoisotopic (exact) mass is 353 g/mol. The van der Waals surface area contributed by atoms with Crippen LogP contribution in [0.15, 0.2) is 0 Å². The summed E-state index contributed by atoms with van der Waals surface area (Å²) in [5.41, 5.74) is -0.506. The summed E-state index contributed by atoms with van der Waals surface area (Å²) in [6.45, 7) is 9.89. The van der Waals surface area contributed by atoms with Gasteiger partial charge in [-0.15, -0.1) is 0 Å². The van der Waals surface area contributed by atoms with Crippen molar-refractivity contribution in [2.24, 2.45) is 5.92 Å². The zero-order chi connectivity index (χ0) is 18.6. The van der Waals surface area contributed by atoms with Gasteiger partial charge in [-0.05, 0) is 47.0 Å². The number of piperidine rings is 1. The molecule has 0 aromatic heterocycles. The van der Waals surface area contributed by atoms with E-state index in [1.54, 1.807) is 4.90 Å². The lowest BCUT2D eigenvalue weighted by Gasteiger charge is -2.33. The Balaban J connectivity index is 1.73. The molecule has 7 nitrogen and oxygen atoms in total. The molecule has 2 aliphatic rings. The zero-order valence-electron chi connectivity index (χ0n) is 15.8. The first-order chi connectivity index (χ1) is 11.7. The number of rotatable bonds is 4. The Kier molecular flexibility index (Phi) is 6.30. The van der Waals surface area contributed by atoms with Gasteiger partial charge < -0.3 is 19.9 Å². The standard InChI is InChI=1S/C18H31N3O4/c1-13(12-21-9-5-6-15(21)22)19-16(23)14-7-10-20(11-8-14)17(24)25-18(2,3)4/h13-14H,5-12H2,1-4H3,(H,19,23). The number of likely N-dealkylation sites (tertiary alicyclic amines) is 2. The maximum Gasteiger partial charge on any atom is 0.410 e. The van der Waals surface area contributed by atoms with Gasteiger partial charge in [0.1, 0.15) is 5.60 Å². The van der Waals surface area contributed by atoms with E-state index in [0.29, 0.717) is 38.9 Å². The molecular weight excluding hydrogens is 322 g/mol. The normalized spacial score (nSPS) is 20.6. The minimum atomic E-state index is -0.506. The van der Waals surface area contributed by atoms with Gasteiger partial charge in [-0.25, -0.2) is 4.79 Å². The van der Waals surface area contributed by atoms with Crippen molar-refractivity contribution >= 4 is 17.9 Å². The van der Waals surface area contributed by atoms with Crippen molar-refractivity contribution in [3.63, 3.8) is 0 Å². The number of carbonyl (C=O) groups is 3. The number of ether oxygens (including phenoxy) is 1. The maximum atomic E-state index is 12.4. The molecule has 1 N–H and O–H groups in total. The van der Waals surface area contributed by atoms with Gasteiger partial charge in [0, 0.05) is 44.6 Å². The third-order valence-corrected chi connectivity index (χ3v) is 4.57. The SMILES string of the molecule is CC(CN1CCCC1=O)NC(=O)C1CCN(C(=O)OC(C)(C)C)CC1. The summed E-state index contributed by atoms with van der Waals surface area (Å²) >= 11 is 0. The van der Waals surface area contributed by atoms with Crippen molar-refractivity contribution in [2.45, 2.75) is 65.0 Å². The second-order valence-corrected chi connectivity index (χ2v) is 8.09. The molecule has 0 aromatic rings. The Hall–Kier alpha value is -1.79. The van der Waals surface area contributed by atoms with E-state index in [0.717, 1.165) is 13.0 Å². The molecule has 0 spiro atoms. The van der Waals surface area contributed by atoms with Crippen molar-refractivity contribution in [2.75, 3.05) is 26.2 Å². The average Bonchev–Trinajstić information content (AvgIpc) is 2.90. The number of amides is 3. The third kappa shape index (κ3) is 5.90. The highest BCUT2D eigenvalue weighted by molar-refractivity contribution is 5.80. The van der Waals surface area contributed by atoms with Crippen LogP contribution in [-0.4, -0.2) is 65.5 Å². The fourth-order valence-electron chi connectivity index (χ4n) is 3.28. The van der Waals surface area contributed by atoms with Gasteiger partial charge in [-0.1, -0.05) is 0 Å². The molecule has 0 saturated carbocycles. The number of hydrogen-bond acceptors (Lipinski definition) is 4. The highest BCUT2D eigenvalue weighted by atomic mass is 16.6. The van der Waals surface area contributed by atoms with Crippen LogP contribution in [0.3, 0.4) is 0 Å². The van der Waals surface area contributed by atoms with Crippen molar-refractivity contribution in [3.8, 4) is 0 Å². The van der Waals surface area contributed by atoms with Gasteiger partial charge in [0.15, 0.2) is 0 Å². The number of hydrogen-bond donors (Lipinski definition) is 1. The highest BCUT2D eigenvalue weighted by Crippen LogP contribution is 2.20. The van der Waals surface area contributed by atoms with E-state index in [1.807, 2.05) is 32.6 Å². The molecule has 2 rings (SSSR count). The van der Waals surface area contributed by atoms with Gasteiger partial charge in [0.25, 0.3) is 0 Å². The molecule has 0 aliphatic carbocycles. The van der Waals surface area contributed by atoms with Crippen molar-refractivity contribution in [3.05, 3.63) is 0 Å². The summed E-state index contributed by atoms with van der Waals surface area (Å²) in [6.07, 6.45) is 2.49. The molecule has 2 aliphatic heterocycles. The van der Waals surface area contributed by atoms with E-state index in [2.05, 4.69) is 5.32 Å². The van der Waals surface area contributed by atoms with Gasteiger partial charge >= 0.3 is 6.09 Å². The van der Waals surface area contributed by atoms with E-state index in [4.69, 9.17) is 4.74 Å². The number of nitrogens with one attached hydrogen (secondary N) is 1. The Morgan fingerprint density at radius 2 is 1.88 bits per heavy atom. The summed E-state index contributed by atoms with van der Waals surface area (Å²) in [5.74, 6) is 0.102. The smallest absolute Gasteiger partial charge is 0.410 e. The van der Waals surface area contributed by atoms with Gasteiger partial charge in [0.05, 0.1) is 0 Å². The lowest BCUT2D eigenvalue weighted by molar-refractivity contribution is -0.130.